The summed E-state index contributed by atoms with van der Waals surface area (Å²) in [5.41, 5.74) is 0. The molecule has 0 bridgehead atoms. The smallest absolute Gasteiger partial charge is 0.0319 e. The van der Waals surface area contributed by atoms with E-state index in [-0.39, 0.29) is 61.8 Å². The van der Waals surface area contributed by atoms with E-state index in [1.165, 1.54) is 0 Å². The van der Waals surface area contributed by atoms with Crippen molar-refractivity contribution in [3.05, 3.63) is 7.43 Å². The molecule has 0 saturated carbocycles. The minimum atomic E-state index is 0. The van der Waals surface area contributed by atoms with Gasteiger partial charge in [-0.15, -0.1) is 0 Å². The van der Waals surface area contributed by atoms with Crippen LogP contribution in [0.15, 0.2) is 0 Å². The summed E-state index contributed by atoms with van der Waals surface area (Å²) in [5.74, 6) is 0. The fourth-order valence-corrected chi connectivity index (χ4v) is 0. The van der Waals surface area contributed by atoms with Crippen molar-refractivity contribution in [3.8, 4) is 0 Å². The quantitative estimate of drug-likeness (QED) is 0.280. The molecule has 0 saturated heterocycles. The van der Waals surface area contributed by atoms with Gasteiger partial charge in [-0.25, -0.2) is 0 Å². The molecule has 0 atom stereocenters. The van der Waals surface area contributed by atoms with Crippen LogP contribution in [0.2, 0.25) is 0 Å². The van der Waals surface area contributed by atoms with E-state index in [0.717, 1.165) is 28.4 Å². The van der Waals surface area contributed by atoms with Crippen LogP contribution in [0.3, 0.4) is 0 Å². The second-order valence-electron chi connectivity index (χ2n) is 0. The van der Waals surface area contributed by atoms with Crippen LogP contribution < -0.4 is 0 Å². The molecule has 0 aliphatic rings. The SMILES string of the molecule is CO.CO.CO.CO.O.O.[CH3-].[Ti].[Ti]. The predicted octanol–water partition coefficient (Wildman–Crippen LogP) is -2.77. The fourth-order valence-electron chi connectivity index (χ4n) is 0. The van der Waals surface area contributed by atoms with Crippen LogP contribution in [0.5, 0.6) is 0 Å². The van der Waals surface area contributed by atoms with Crippen molar-refractivity contribution in [2.45, 2.75) is 0 Å². The first-order valence-electron chi connectivity index (χ1n) is 1.79. The Hall–Kier alpha value is 1.19. The standard InChI is InChI=1S/4CH4O.CH3.2H2O.2Ti/c4*1-2;;;;;/h4*2H,1H3;1H3;2*1H2;;/q;;;;-1;;;;. The van der Waals surface area contributed by atoms with Crippen molar-refractivity contribution in [1.29, 1.82) is 0 Å². The van der Waals surface area contributed by atoms with Gasteiger partial charge in [0.1, 0.15) is 0 Å². The normalized spacial score (nSPS) is 1.85. The summed E-state index contributed by atoms with van der Waals surface area (Å²) in [7, 11) is 4.00. The molecule has 0 unspecified atom stereocenters. The van der Waals surface area contributed by atoms with E-state index >= 15 is 0 Å². The summed E-state index contributed by atoms with van der Waals surface area (Å²) in [4.78, 5) is 0. The van der Waals surface area contributed by atoms with Crippen LogP contribution in [0.4, 0.5) is 0 Å². The third kappa shape index (κ3) is 1170. The molecule has 6 nitrogen and oxygen atoms in total. The Morgan fingerprint density at radius 2 is 0.462 bits per heavy atom. The van der Waals surface area contributed by atoms with Gasteiger partial charge in [0.15, 0.2) is 0 Å². The fraction of sp³-hybridized carbons (Fsp3) is 0.800. The molecule has 13 heavy (non-hydrogen) atoms. The molecular weight excluding hydrogens is 252 g/mol. The van der Waals surface area contributed by atoms with Crippen molar-refractivity contribution in [2.24, 2.45) is 0 Å². The topological polar surface area (TPSA) is 144 Å². The Morgan fingerprint density at radius 1 is 0.462 bits per heavy atom. The molecule has 0 aromatic rings. The summed E-state index contributed by atoms with van der Waals surface area (Å²) in [6, 6.07) is 0. The molecular formula is C5H23O6Ti2-. The van der Waals surface area contributed by atoms with Gasteiger partial charge in [0.05, 0.1) is 0 Å². The Balaban J connectivity index is -0.00000000208. The number of hydrogen-bond acceptors (Lipinski definition) is 4. The van der Waals surface area contributed by atoms with Gasteiger partial charge in [0, 0.05) is 71.9 Å². The second-order valence-corrected chi connectivity index (χ2v) is 0. The summed E-state index contributed by atoms with van der Waals surface area (Å²) in [5, 5.41) is 28.0. The van der Waals surface area contributed by atoms with Crippen LogP contribution in [-0.4, -0.2) is 59.8 Å². The average molecular weight is 275 g/mol. The van der Waals surface area contributed by atoms with Crippen molar-refractivity contribution < 1.29 is 74.8 Å². The second kappa shape index (κ2) is 1390. The summed E-state index contributed by atoms with van der Waals surface area (Å²) in [6.07, 6.45) is 0. The zero-order chi connectivity index (χ0) is 8.00. The molecule has 8 heteroatoms. The van der Waals surface area contributed by atoms with Crippen molar-refractivity contribution in [1.82, 2.24) is 0 Å². The predicted molar refractivity (Wildman–Crippen MR) is 46.2 cm³/mol. The molecule has 0 aromatic heterocycles. The average Bonchev–Trinajstić information content (AvgIpc) is 2.03. The molecule has 88 valence electrons. The number of aliphatic hydroxyl groups excluding tert-OH is 4. The van der Waals surface area contributed by atoms with Crippen LogP contribution in [0, 0.1) is 7.43 Å². The third-order valence-electron chi connectivity index (χ3n) is 0. The molecule has 0 rings (SSSR count). The van der Waals surface area contributed by atoms with Gasteiger partial charge in [0.2, 0.25) is 0 Å². The van der Waals surface area contributed by atoms with Crippen LogP contribution in [0.1, 0.15) is 0 Å². The first-order valence-corrected chi connectivity index (χ1v) is 1.79. The number of aliphatic hydroxyl groups is 4. The zero-order valence-corrected chi connectivity index (χ0v) is 11.9. The Morgan fingerprint density at radius 3 is 0.462 bits per heavy atom. The molecule has 0 fully saturated rings. The van der Waals surface area contributed by atoms with E-state index in [0.29, 0.717) is 0 Å². The monoisotopic (exact) mass is 275 g/mol. The molecule has 0 amide bonds. The van der Waals surface area contributed by atoms with Gasteiger partial charge in [-0.3, -0.25) is 0 Å². The molecule has 0 aliphatic heterocycles. The summed E-state index contributed by atoms with van der Waals surface area (Å²) in [6.45, 7) is 0. The number of rotatable bonds is 0. The van der Waals surface area contributed by atoms with Gasteiger partial charge in [-0.2, -0.15) is 0 Å². The summed E-state index contributed by atoms with van der Waals surface area (Å²) >= 11 is 0. The number of hydrogen-bond donors (Lipinski definition) is 4. The molecule has 0 spiro atoms. The maximum atomic E-state index is 7.00. The first kappa shape index (κ1) is 91.7. The van der Waals surface area contributed by atoms with Crippen molar-refractivity contribution >= 4 is 0 Å². The molecule has 0 aromatic carbocycles. The Kier molecular flexibility index (Phi) is 9780. The van der Waals surface area contributed by atoms with E-state index in [1.54, 1.807) is 0 Å². The Bertz CT molecular complexity index is 19.0. The zero-order valence-electron chi connectivity index (χ0n) is 8.79. The van der Waals surface area contributed by atoms with Gasteiger partial charge < -0.3 is 38.8 Å². The molecule has 0 aliphatic carbocycles. The summed E-state index contributed by atoms with van der Waals surface area (Å²) < 4.78 is 0. The van der Waals surface area contributed by atoms with E-state index in [1.807, 2.05) is 0 Å². The molecule has 0 radical (unpaired) electrons. The Labute approximate surface area is 110 Å². The largest absolute Gasteiger partial charge is 0.412 e. The van der Waals surface area contributed by atoms with Crippen molar-refractivity contribution in [3.63, 3.8) is 0 Å². The van der Waals surface area contributed by atoms with Crippen molar-refractivity contribution in [2.75, 3.05) is 28.4 Å². The third-order valence-corrected chi connectivity index (χ3v) is 0. The van der Waals surface area contributed by atoms with Gasteiger partial charge >= 0.3 is 0 Å². The maximum Gasteiger partial charge on any atom is 0.0319 e. The molecule has 0 heterocycles. The maximum absolute atomic E-state index is 7.00. The van der Waals surface area contributed by atoms with Crippen LogP contribution in [0.25, 0.3) is 0 Å². The van der Waals surface area contributed by atoms with E-state index < -0.39 is 0 Å². The van der Waals surface area contributed by atoms with E-state index in [9.17, 15) is 0 Å². The van der Waals surface area contributed by atoms with Gasteiger partial charge in [0.25, 0.3) is 0 Å². The minimum absolute atomic E-state index is 0. The van der Waals surface area contributed by atoms with E-state index in [2.05, 4.69) is 0 Å². The van der Waals surface area contributed by atoms with Crippen LogP contribution >= 0.6 is 0 Å². The minimum Gasteiger partial charge on any atom is -0.412 e. The van der Waals surface area contributed by atoms with Gasteiger partial charge in [-0.05, 0) is 0 Å². The van der Waals surface area contributed by atoms with E-state index in [4.69, 9.17) is 20.4 Å². The van der Waals surface area contributed by atoms with Crippen LogP contribution in [-0.2, 0) is 43.4 Å². The van der Waals surface area contributed by atoms with Gasteiger partial charge in [-0.1, -0.05) is 0 Å². The first-order chi connectivity index (χ1) is 4.00. The molecule has 8 N–H and O–H groups in total.